The van der Waals surface area contributed by atoms with Crippen LogP contribution >= 0.6 is 12.4 Å². The van der Waals surface area contributed by atoms with Crippen LogP contribution in [0.25, 0.3) is 10.9 Å². The molecule has 0 aliphatic heterocycles. The number of carbonyl (C=O) groups is 1. The molecule has 1 heterocycles. The van der Waals surface area contributed by atoms with Crippen molar-refractivity contribution in [1.29, 1.82) is 0 Å². The van der Waals surface area contributed by atoms with Gasteiger partial charge < -0.3 is 10.3 Å². The SMILES string of the molecule is Cc1cccc(C(CC(=O)CC2CCC(N)CC2)c2cn(C(C)C3CCCCC3)c3ccccc23)c1.Cl. The summed E-state index contributed by atoms with van der Waals surface area (Å²) in [4.78, 5) is 13.5. The molecule has 1 aromatic heterocycles. The summed E-state index contributed by atoms with van der Waals surface area (Å²) in [6.45, 7) is 4.56. The molecule has 0 bridgehead atoms. The number of nitrogens with two attached hydrogens (primary N) is 1. The number of ketones is 1. The third-order valence-corrected chi connectivity index (χ3v) is 9.20. The predicted molar refractivity (Wildman–Crippen MR) is 158 cm³/mol. The molecule has 200 valence electrons. The Balaban J connectivity index is 0.00000320. The number of aromatic nitrogens is 1. The lowest BCUT2D eigenvalue weighted by Gasteiger charge is -2.29. The second kappa shape index (κ2) is 12.6. The molecule has 2 unspecified atom stereocenters. The molecular weight excluding hydrogens is 476 g/mol. The monoisotopic (exact) mass is 520 g/mol. The summed E-state index contributed by atoms with van der Waals surface area (Å²) in [5, 5.41) is 1.31. The van der Waals surface area contributed by atoms with Gasteiger partial charge in [-0.3, -0.25) is 4.79 Å². The molecule has 0 saturated heterocycles. The number of Topliss-reactive ketones (excluding diaryl/α,β-unsaturated/α-hetero) is 1. The number of benzene rings is 2. The zero-order chi connectivity index (χ0) is 25.1. The molecule has 3 nitrogen and oxygen atoms in total. The molecule has 0 spiro atoms. The van der Waals surface area contributed by atoms with E-state index in [9.17, 15) is 4.79 Å². The molecule has 2 fully saturated rings. The van der Waals surface area contributed by atoms with E-state index in [4.69, 9.17) is 5.73 Å². The quantitative estimate of drug-likeness (QED) is 0.323. The van der Waals surface area contributed by atoms with Crippen LogP contribution in [0.5, 0.6) is 0 Å². The summed E-state index contributed by atoms with van der Waals surface area (Å²) in [5.74, 6) is 1.73. The maximum atomic E-state index is 13.5. The van der Waals surface area contributed by atoms with Crippen LogP contribution in [0, 0.1) is 18.8 Å². The summed E-state index contributed by atoms with van der Waals surface area (Å²) in [6, 6.07) is 18.5. The first-order chi connectivity index (χ1) is 17.5. The van der Waals surface area contributed by atoms with Crippen molar-refractivity contribution in [1.82, 2.24) is 4.57 Å². The van der Waals surface area contributed by atoms with Crippen molar-refractivity contribution in [2.45, 2.75) is 102 Å². The van der Waals surface area contributed by atoms with Crippen LogP contribution in [0.3, 0.4) is 0 Å². The van der Waals surface area contributed by atoms with Gasteiger partial charge in [0.2, 0.25) is 0 Å². The van der Waals surface area contributed by atoms with Crippen LogP contribution in [0.4, 0.5) is 0 Å². The van der Waals surface area contributed by atoms with E-state index in [0.29, 0.717) is 36.6 Å². The Morgan fingerprint density at radius 1 is 0.973 bits per heavy atom. The number of carbonyl (C=O) groups excluding carboxylic acids is 1. The molecule has 0 radical (unpaired) electrons. The highest BCUT2D eigenvalue weighted by molar-refractivity contribution is 5.87. The Labute approximate surface area is 229 Å². The fraction of sp³-hybridized carbons (Fsp3) is 0.545. The Morgan fingerprint density at radius 3 is 2.43 bits per heavy atom. The lowest BCUT2D eigenvalue weighted by atomic mass is 9.80. The Bertz CT molecular complexity index is 1170. The normalized spacial score (nSPS) is 22.4. The van der Waals surface area contributed by atoms with Crippen LogP contribution < -0.4 is 5.73 Å². The number of halogens is 1. The molecular formula is C33H45ClN2O. The van der Waals surface area contributed by atoms with E-state index in [1.54, 1.807) is 0 Å². The largest absolute Gasteiger partial charge is 0.344 e. The zero-order valence-corrected chi connectivity index (χ0v) is 23.5. The predicted octanol–water partition coefficient (Wildman–Crippen LogP) is 8.51. The summed E-state index contributed by atoms with van der Waals surface area (Å²) in [7, 11) is 0. The van der Waals surface area contributed by atoms with E-state index in [2.05, 4.69) is 73.1 Å². The van der Waals surface area contributed by atoms with Gasteiger partial charge in [-0.1, -0.05) is 67.3 Å². The van der Waals surface area contributed by atoms with Crippen LogP contribution in [0.1, 0.15) is 106 Å². The number of hydrogen-bond donors (Lipinski definition) is 1. The Morgan fingerprint density at radius 2 is 1.70 bits per heavy atom. The van der Waals surface area contributed by atoms with Crippen LogP contribution in [-0.2, 0) is 4.79 Å². The lowest BCUT2D eigenvalue weighted by Crippen LogP contribution is -2.27. The van der Waals surface area contributed by atoms with Crippen molar-refractivity contribution in [2.75, 3.05) is 0 Å². The molecule has 37 heavy (non-hydrogen) atoms. The Hall–Kier alpha value is -2.10. The molecule has 2 atom stereocenters. The van der Waals surface area contributed by atoms with E-state index >= 15 is 0 Å². The van der Waals surface area contributed by atoms with Gasteiger partial charge in [0, 0.05) is 47.9 Å². The number of aryl methyl sites for hydroxylation is 1. The second-order valence-corrected chi connectivity index (χ2v) is 11.8. The number of nitrogens with zero attached hydrogens (tertiary/aromatic N) is 1. The summed E-state index contributed by atoms with van der Waals surface area (Å²) in [5.41, 5.74) is 11.3. The Kier molecular flexibility index (Phi) is 9.53. The molecule has 2 aliphatic carbocycles. The van der Waals surface area contributed by atoms with Crippen LogP contribution in [0.2, 0.25) is 0 Å². The molecule has 5 rings (SSSR count). The fourth-order valence-electron chi connectivity index (χ4n) is 7.01. The van der Waals surface area contributed by atoms with E-state index in [-0.39, 0.29) is 18.3 Å². The van der Waals surface area contributed by atoms with Crippen LogP contribution in [0.15, 0.2) is 54.7 Å². The molecule has 3 aromatic rings. The van der Waals surface area contributed by atoms with Gasteiger partial charge in [-0.15, -0.1) is 12.4 Å². The third-order valence-electron chi connectivity index (χ3n) is 9.20. The second-order valence-electron chi connectivity index (χ2n) is 11.8. The van der Waals surface area contributed by atoms with Crippen molar-refractivity contribution < 1.29 is 4.79 Å². The van der Waals surface area contributed by atoms with Gasteiger partial charge in [0.15, 0.2) is 0 Å². The fourth-order valence-corrected chi connectivity index (χ4v) is 7.01. The third kappa shape index (κ3) is 6.49. The van der Waals surface area contributed by atoms with Gasteiger partial charge >= 0.3 is 0 Å². The highest BCUT2D eigenvalue weighted by Gasteiger charge is 2.28. The zero-order valence-electron chi connectivity index (χ0n) is 22.7. The molecule has 2 aromatic carbocycles. The van der Waals surface area contributed by atoms with Crippen molar-refractivity contribution in [2.24, 2.45) is 17.6 Å². The minimum atomic E-state index is 0. The maximum Gasteiger partial charge on any atom is 0.134 e. The van der Waals surface area contributed by atoms with E-state index < -0.39 is 0 Å². The average molecular weight is 521 g/mol. The number of hydrogen-bond acceptors (Lipinski definition) is 2. The number of para-hydroxylation sites is 1. The number of rotatable bonds is 8. The highest BCUT2D eigenvalue weighted by atomic mass is 35.5. The van der Waals surface area contributed by atoms with Crippen molar-refractivity contribution in [3.63, 3.8) is 0 Å². The summed E-state index contributed by atoms with van der Waals surface area (Å²) >= 11 is 0. The van der Waals surface area contributed by atoms with Gasteiger partial charge in [-0.2, -0.15) is 0 Å². The standard InChI is InChI=1S/C33H44N2O.ClH/c1-23-9-8-12-27(19-23)31(21-29(36)20-25-15-17-28(34)18-16-25)32-22-35(33-14-7-6-13-30(32)33)24(2)26-10-4-3-5-11-26;/h6-9,12-14,19,22,24-26,28,31H,3-5,10-11,15-18,20-21,34H2,1-2H3;1H. The van der Waals surface area contributed by atoms with Crippen LogP contribution in [-0.4, -0.2) is 16.4 Å². The average Bonchev–Trinajstić information content (AvgIpc) is 3.28. The minimum absolute atomic E-state index is 0. The van der Waals surface area contributed by atoms with E-state index in [0.717, 1.165) is 31.6 Å². The first-order valence-electron chi connectivity index (χ1n) is 14.4. The molecule has 2 N–H and O–H groups in total. The van der Waals surface area contributed by atoms with Crippen molar-refractivity contribution in [3.05, 3.63) is 71.4 Å². The van der Waals surface area contributed by atoms with Crippen molar-refractivity contribution >= 4 is 29.1 Å². The summed E-state index contributed by atoms with van der Waals surface area (Å²) < 4.78 is 2.54. The maximum absolute atomic E-state index is 13.5. The molecule has 0 amide bonds. The first kappa shape index (κ1) is 27.9. The van der Waals surface area contributed by atoms with Gasteiger partial charge in [0.1, 0.15) is 5.78 Å². The van der Waals surface area contributed by atoms with Gasteiger partial charge in [-0.25, -0.2) is 0 Å². The van der Waals surface area contributed by atoms with Crippen molar-refractivity contribution in [3.8, 4) is 0 Å². The lowest BCUT2D eigenvalue weighted by molar-refractivity contribution is -0.120. The molecule has 2 saturated carbocycles. The smallest absolute Gasteiger partial charge is 0.134 e. The van der Waals surface area contributed by atoms with Gasteiger partial charge in [-0.05, 0) is 81.4 Å². The highest BCUT2D eigenvalue weighted by Crippen LogP contribution is 2.40. The van der Waals surface area contributed by atoms with E-state index in [1.807, 2.05) is 0 Å². The molecule has 4 heteroatoms. The van der Waals surface area contributed by atoms with Gasteiger partial charge in [0.25, 0.3) is 0 Å². The first-order valence-corrected chi connectivity index (χ1v) is 14.4. The summed E-state index contributed by atoms with van der Waals surface area (Å²) in [6.07, 6.45) is 14.8. The van der Waals surface area contributed by atoms with Gasteiger partial charge in [0.05, 0.1) is 0 Å². The molecule has 2 aliphatic rings. The van der Waals surface area contributed by atoms with E-state index in [1.165, 1.54) is 59.7 Å². The minimum Gasteiger partial charge on any atom is -0.344 e. The number of fused-ring (bicyclic) bond motifs is 1. The topological polar surface area (TPSA) is 48.0 Å².